The summed E-state index contributed by atoms with van der Waals surface area (Å²) >= 11 is 0. The number of carbonyl (C=O) groups excluding carboxylic acids is 1. The van der Waals surface area contributed by atoms with Gasteiger partial charge in [0.1, 0.15) is 5.75 Å². The number of hydrogen-bond donors (Lipinski definition) is 2. The third kappa shape index (κ3) is 2.41. The van der Waals surface area contributed by atoms with Gasteiger partial charge in [-0.3, -0.25) is 4.79 Å². The number of urea groups is 1. The molecule has 3 aliphatic rings. The first-order chi connectivity index (χ1) is 11.6. The van der Waals surface area contributed by atoms with Crippen LogP contribution >= 0.6 is 0 Å². The van der Waals surface area contributed by atoms with Crippen LogP contribution in [0.3, 0.4) is 0 Å². The molecule has 1 aromatic carbocycles. The van der Waals surface area contributed by atoms with E-state index in [9.17, 15) is 14.7 Å². The maximum atomic E-state index is 12.6. The second-order valence-electron chi connectivity index (χ2n) is 7.14. The van der Waals surface area contributed by atoms with Gasteiger partial charge in [-0.15, -0.1) is 0 Å². The highest BCUT2D eigenvalue weighted by molar-refractivity contribution is 5.91. The average Bonchev–Trinajstić information content (AvgIpc) is 3.13. The number of amides is 2. The van der Waals surface area contributed by atoms with Gasteiger partial charge < -0.3 is 20.1 Å². The molecule has 0 radical (unpaired) electrons. The van der Waals surface area contributed by atoms with Crippen LogP contribution in [-0.4, -0.2) is 41.7 Å². The second-order valence-corrected chi connectivity index (χ2v) is 7.14. The number of carboxylic acids is 1. The van der Waals surface area contributed by atoms with Crippen molar-refractivity contribution in [1.29, 1.82) is 0 Å². The molecular formula is C18H22N2O4. The lowest BCUT2D eigenvalue weighted by atomic mass is 9.81. The number of hydrogen-bond acceptors (Lipinski definition) is 3. The summed E-state index contributed by atoms with van der Waals surface area (Å²) in [6, 6.07) is 5.48. The molecule has 1 saturated carbocycles. The van der Waals surface area contributed by atoms with Gasteiger partial charge in [0.05, 0.1) is 12.0 Å². The number of aryl methyl sites for hydroxylation is 1. The fourth-order valence-corrected chi connectivity index (χ4v) is 4.43. The van der Waals surface area contributed by atoms with Gasteiger partial charge in [0.25, 0.3) is 0 Å². The van der Waals surface area contributed by atoms with Crippen molar-refractivity contribution >= 4 is 17.7 Å². The summed E-state index contributed by atoms with van der Waals surface area (Å²) in [5, 5.41) is 12.5. The van der Waals surface area contributed by atoms with Crippen LogP contribution in [-0.2, 0) is 11.2 Å². The fourth-order valence-electron chi connectivity index (χ4n) is 4.43. The lowest BCUT2D eigenvalue weighted by Crippen LogP contribution is -2.38. The Morgan fingerprint density at radius 2 is 2.21 bits per heavy atom. The molecule has 2 N–H and O–H groups in total. The maximum Gasteiger partial charge on any atom is 0.321 e. The van der Waals surface area contributed by atoms with Crippen molar-refractivity contribution in [2.75, 3.05) is 25.0 Å². The number of nitrogens with zero attached hydrogens (tertiary/aromatic N) is 1. The summed E-state index contributed by atoms with van der Waals surface area (Å²) in [5.74, 6) is 0.212. The van der Waals surface area contributed by atoms with Crippen LogP contribution in [0.5, 0.6) is 5.75 Å². The Labute approximate surface area is 140 Å². The molecule has 1 aliphatic carbocycles. The predicted molar refractivity (Wildman–Crippen MR) is 88.3 cm³/mol. The van der Waals surface area contributed by atoms with Gasteiger partial charge in [-0.1, -0.05) is 6.42 Å². The number of benzene rings is 1. The van der Waals surface area contributed by atoms with E-state index >= 15 is 0 Å². The number of ether oxygens (including phenoxy) is 1. The highest BCUT2D eigenvalue weighted by atomic mass is 16.5. The van der Waals surface area contributed by atoms with E-state index < -0.39 is 11.4 Å². The quantitative estimate of drug-likeness (QED) is 0.874. The first-order valence-electron chi connectivity index (χ1n) is 8.63. The molecule has 0 unspecified atom stereocenters. The van der Waals surface area contributed by atoms with Crippen molar-refractivity contribution < 1.29 is 19.4 Å². The van der Waals surface area contributed by atoms with Gasteiger partial charge in [-0.05, 0) is 55.4 Å². The summed E-state index contributed by atoms with van der Waals surface area (Å²) in [6.45, 7) is 1.59. The number of anilines is 1. The molecule has 2 fully saturated rings. The van der Waals surface area contributed by atoms with Crippen molar-refractivity contribution in [3.63, 3.8) is 0 Å². The molecular weight excluding hydrogens is 308 g/mol. The van der Waals surface area contributed by atoms with Crippen LogP contribution in [0.15, 0.2) is 18.2 Å². The van der Waals surface area contributed by atoms with Gasteiger partial charge in [0.2, 0.25) is 0 Å². The molecule has 1 saturated heterocycles. The zero-order valence-corrected chi connectivity index (χ0v) is 13.6. The van der Waals surface area contributed by atoms with Gasteiger partial charge in [0, 0.05) is 18.8 Å². The Morgan fingerprint density at radius 1 is 1.33 bits per heavy atom. The maximum absolute atomic E-state index is 12.6. The average molecular weight is 330 g/mol. The first-order valence-corrected chi connectivity index (χ1v) is 8.63. The number of likely N-dealkylation sites (tertiary alicyclic amines) is 1. The number of rotatable bonds is 2. The van der Waals surface area contributed by atoms with Crippen molar-refractivity contribution in [3.8, 4) is 5.75 Å². The summed E-state index contributed by atoms with van der Waals surface area (Å²) in [7, 11) is 0. The minimum Gasteiger partial charge on any atom is -0.493 e. The van der Waals surface area contributed by atoms with Gasteiger partial charge in [0.15, 0.2) is 0 Å². The normalized spacial score (nSPS) is 28.0. The highest BCUT2D eigenvalue weighted by Gasteiger charge is 2.55. The smallest absolute Gasteiger partial charge is 0.321 e. The molecule has 0 aromatic heterocycles. The molecule has 2 aliphatic heterocycles. The Balaban J connectivity index is 1.47. The number of aliphatic carboxylic acids is 1. The lowest BCUT2D eigenvalue weighted by Gasteiger charge is -2.23. The largest absolute Gasteiger partial charge is 0.493 e. The summed E-state index contributed by atoms with van der Waals surface area (Å²) in [5.41, 5.74) is 1.12. The van der Waals surface area contributed by atoms with Crippen LogP contribution < -0.4 is 10.1 Å². The SMILES string of the molecule is O=C(Nc1ccc2c(c1)CCCO2)N1C[C@@H]2CCC[C@@]2(C(=O)O)C1. The molecule has 2 atom stereocenters. The lowest BCUT2D eigenvalue weighted by molar-refractivity contribution is -0.149. The zero-order valence-electron chi connectivity index (χ0n) is 13.6. The van der Waals surface area contributed by atoms with E-state index in [-0.39, 0.29) is 11.9 Å². The minimum absolute atomic E-state index is 0.0812. The molecule has 0 bridgehead atoms. The van der Waals surface area contributed by atoms with E-state index in [2.05, 4.69) is 5.32 Å². The van der Waals surface area contributed by atoms with Crippen molar-refractivity contribution in [2.24, 2.45) is 11.3 Å². The fraction of sp³-hybridized carbons (Fsp3) is 0.556. The first kappa shape index (κ1) is 15.3. The van der Waals surface area contributed by atoms with Crippen LogP contribution in [0.4, 0.5) is 10.5 Å². The molecule has 1 aromatic rings. The Bertz CT molecular complexity index is 690. The standard InChI is InChI=1S/C18H22N2O4/c21-16(22)18-7-1-4-13(18)10-20(11-18)17(23)19-14-5-6-15-12(9-14)3-2-8-24-15/h5-6,9,13H,1-4,7-8,10-11H2,(H,19,23)(H,21,22)/t13-,18+/m0/s1. The van der Waals surface area contributed by atoms with Crippen LogP contribution in [0.1, 0.15) is 31.2 Å². The number of carboxylic acid groups (broad SMARTS) is 1. The molecule has 6 nitrogen and oxygen atoms in total. The molecule has 4 rings (SSSR count). The topological polar surface area (TPSA) is 78.9 Å². The van der Waals surface area contributed by atoms with E-state index in [4.69, 9.17) is 4.74 Å². The van der Waals surface area contributed by atoms with E-state index in [1.807, 2.05) is 18.2 Å². The van der Waals surface area contributed by atoms with Crippen LogP contribution in [0.25, 0.3) is 0 Å². The van der Waals surface area contributed by atoms with E-state index in [1.165, 1.54) is 0 Å². The minimum atomic E-state index is -0.758. The second kappa shape index (κ2) is 5.69. The van der Waals surface area contributed by atoms with E-state index in [1.54, 1.807) is 4.90 Å². The van der Waals surface area contributed by atoms with Crippen LogP contribution in [0.2, 0.25) is 0 Å². The molecule has 2 heterocycles. The van der Waals surface area contributed by atoms with Gasteiger partial charge in [-0.2, -0.15) is 0 Å². The summed E-state index contributed by atoms with van der Waals surface area (Å²) < 4.78 is 5.58. The third-order valence-corrected chi connectivity index (χ3v) is 5.74. The monoisotopic (exact) mass is 330 g/mol. The molecule has 24 heavy (non-hydrogen) atoms. The molecule has 0 spiro atoms. The van der Waals surface area contributed by atoms with Gasteiger partial charge >= 0.3 is 12.0 Å². The third-order valence-electron chi connectivity index (χ3n) is 5.74. The predicted octanol–water partition coefficient (Wildman–Crippen LogP) is 2.73. The zero-order chi connectivity index (χ0) is 16.7. The Kier molecular flexibility index (Phi) is 3.62. The number of carbonyl (C=O) groups is 2. The highest BCUT2D eigenvalue weighted by Crippen LogP contribution is 2.49. The van der Waals surface area contributed by atoms with Crippen LogP contribution in [0, 0.1) is 11.3 Å². The Morgan fingerprint density at radius 3 is 3.00 bits per heavy atom. The molecule has 128 valence electrons. The summed E-state index contributed by atoms with van der Waals surface area (Å²) in [6.07, 6.45) is 4.45. The number of nitrogens with one attached hydrogen (secondary N) is 1. The summed E-state index contributed by atoms with van der Waals surface area (Å²) in [4.78, 5) is 25.9. The number of fused-ring (bicyclic) bond motifs is 2. The van der Waals surface area contributed by atoms with Crippen molar-refractivity contribution in [2.45, 2.75) is 32.1 Å². The Hall–Kier alpha value is -2.24. The molecule has 6 heteroatoms. The van der Waals surface area contributed by atoms with Crippen molar-refractivity contribution in [3.05, 3.63) is 23.8 Å². The molecule has 2 amide bonds. The van der Waals surface area contributed by atoms with E-state index in [0.717, 1.165) is 49.3 Å². The van der Waals surface area contributed by atoms with Crippen molar-refractivity contribution in [1.82, 2.24) is 4.90 Å². The van der Waals surface area contributed by atoms with E-state index in [0.29, 0.717) is 19.5 Å². The van der Waals surface area contributed by atoms with Gasteiger partial charge in [-0.25, -0.2) is 4.79 Å².